The zero-order chi connectivity index (χ0) is 28.6. The molecule has 0 amide bonds. The molecule has 0 spiro atoms. The lowest BCUT2D eigenvalue weighted by molar-refractivity contribution is 0.814. The minimum atomic E-state index is 0.173. The largest absolute Gasteiger partial charge is 0.375 e. The smallest absolute Gasteiger partial charge is 0.0687 e. The molecular formula is C34H44Br2N4. The third kappa shape index (κ3) is 5.38. The average molecular weight is 669 g/mol. The second-order valence-electron chi connectivity index (χ2n) is 11.4. The fourth-order valence-corrected chi connectivity index (χ4v) is 7.32. The van der Waals surface area contributed by atoms with E-state index in [0.717, 1.165) is 49.2 Å². The third-order valence-corrected chi connectivity index (χ3v) is 10.3. The second kappa shape index (κ2) is 12.4. The number of aromatic amines is 2. The van der Waals surface area contributed by atoms with Crippen molar-refractivity contribution in [3.63, 3.8) is 0 Å². The van der Waals surface area contributed by atoms with E-state index in [0.29, 0.717) is 0 Å². The maximum Gasteiger partial charge on any atom is 0.0687 e. The van der Waals surface area contributed by atoms with E-state index in [-0.39, 0.29) is 12.1 Å². The molecule has 0 aromatic carbocycles. The van der Waals surface area contributed by atoms with Gasteiger partial charge in [0.1, 0.15) is 0 Å². The number of hydrogen-bond acceptors (Lipinski definition) is 2. The second-order valence-corrected chi connectivity index (χ2v) is 13.0. The Bertz CT molecular complexity index is 1540. The number of H-pyrrole nitrogens is 2. The van der Waals surface area contributed by atoms with Gasteiger partial charge in [-0.1, -0.05) is 45.7 Å². The molecule has 214 valence electrons. The normalized spacial score (nSPS) is 24.5. The van der Waals surface area contributed by atoms with Crippen LogP contribution in [-0.4, -0.2) is 32.7 Å². The molecule has 2 atom stereocenters. The van der Waals surface area contributed by atoms with Crippen LogP contribution < -0.4 is 21.3 Å². The van der Waals surface area contributed by atoms with Gasteiger partial charge in [-0.2, -0.15) is 0 Å². The number of rotatable bonds is 8. The Hall–Kier alpha value is -2.18. The van der Waals surface area contributed by atoms with Crippen molar-refractivity contribution in [1.29, 1.82) is 0 Å². The van der Waals surface area contributed by atoms with Crippen LogP contribution in [0.25, 0.3) is 24.3 Å². The van der Waals surface area contributed by atoms with Gasteiger partial charge < -0.3 is 20.6 Å². The van der Waals surface area contributed by atoms with Crippen LogP contribution in [0.3, 0.4) is 0 Å². The predicted molar refractivity (Wildman–Crippen MR) is 179 cm³/mol. The van der Waals surface area contributed by atoms with Crippen LogP contribution >= 0.6 is 31.9 Å². The topological polar surface area (TPSA) is 55.6 Å². The zero-order valence-corrected chi connectivity index (χ0v) is 28.0. The summed E-state index contributed by atoms with van der Waals surface area (Å²) in [6.07, 6.45) is 15.9. The highest BCUT2D eigenvalue weighted by Gasteiger charge is 2.27. The van der Waals surface area contributed by atoms with Gasteiger partial charge >= 0.3 is 0 Å². The molecular weight excluding hydrogens is 624 g/mol. The summed E-state index contributed by atoms with van der Waals surface area (Å²) >= 11 is 7.34. The van der Waals surface area contributed by atoms with Gasteiger partial charge in [-0.05, 0) is 135 Å². The molecule has 4 N–H and O–H groups in total. The Morgan fingerprint density at radius 2 is 1.38 bits per heavy atom. The Labute approximate surface area is 256 Å². The Balaban J connectivity index is 1.78. The molecule has 5 heterocycles. The number of halogens is 2. The summed E-state index contributed by atoms with van der Waals surface area (Å²) in [7, 11) is 0. The highest BCUT2D eigenvalue weighted by Crippen LogP contribution is 2.34. The standard InChI is InChI=1S/C34H44Br2N4/c1-7-23-19(3)27-15-28-21(5)25(11-9-13-35)33(39-28)18-34-26(12-10-14-36)22(6)30(40-34)17-32-24(8-2)20(4)29(38-32)16-31(23)37-27/h15-18,30-31,37-40H,7-14H2,1-6H3/b27-15-,29-16-,32-17-,34-18-. The SMILES string of the molecule is CCC1=C(C)/C2=C/c3[nH]c(c(CCCBr)c3C)/C=C3\NC(/C=c4\[nH]/c(c(C)c4CC)=C\C1N2)C(C)=C3CCCBr. The van der Waals surface area contributed by atoms with E-state index >= 15 is 0 Å². The zero-order valence-electron chi connectivity index (χ0n) is 24.9. The Morgan fingerprint density at radius 3 is 2.08 bits per heavy atom. The van der Waals surface area contributed by atoms with Gasteiger partial charge in [0.2, 0.25) is 0 Å². The maximum absolute atomic E-state index is 3.93. The predicted octanol–water partition coefficient (Wildman–Crippen LogP) is 6.97. The lowest BCUT2D eigenvalue weighted by Crippen LogP contribution is -2.27. The monoisotopic (exact) mass is 666 g/mol. The molecule has 2 unspecified atom stereocenters. The van der Waals surface area contributed by atoms with Crippen molar-refractivity contribution in [3.05, 3.63) is 78.0 Å². The molecule has 3 aliphatic rings. The van der Waals surface area contributed by atoms with Gasteiger partial charge in [-0.15, -0.1) is 0 Å². The summed E-state index contributed by atoms with van der Waals surface area (Å²) in [6.45, 7) is 13.7. The van der Waals surface area contributed by atoms with E-state index in [1.165, 1.54) is 78.0 Å². The summed E-state index contributed by atoms with van der Waals surface area (Å²) in [5.74, 6) is 0. The summed E-state index contributed by atoms with van der Waals surface area (Å²) in [4.78, 5) is 7.69. The van der Waals surface area contributed by atoms with E-state index in [2.05, 4.69) is 118 Å². The van der Waals surface area contributed by atoms with Crippen molar-refractivity contribution < 1.29 is 0 Å². The third-order valence-electron chi connectivity index (χ3n) is 9.15. The van der Waals surface area contributed by atoms with Crippen molar-refractivity contribution in [2.75, 3.05) is 10.7 Å². The molecule has 6 heteroatoms. The number of aromatic nitrogens is 2. The van der Waals surface area contributed by atoms with Crippen molar-refractivity contribution in [2.45, 2.75) is 92.2 Å². The maximum atomic E-state index is 3.93. The first-order valence-corrected chi connectivity index (χ1v) is 17.2. The summed E-state index contributed by atoms with van der Waals surface area (Å²) < 4.78 is 0. The van der Waals surface area contributed by atoms with Crippen LogP contribution in [0.15, 0.2) is 33.7 Å². The van der Waals surface area contributed by atoms with Gasteiger partial charge in [0.05, 0.1) is 12.1 Å². The molecule has 0 aliphatic carbocycles. The van der Waals surface area contributed by atoms with Crippen LogP contribution in [-0.2, 0) is 12.8 Å². The Morgan fingerprint density at radius 1 is 0.700 bits per heavy atom. The Kier molecular flexibility index (Phi) is 9.06. The van der Waals surface area contributed by atoms with Crippen molar-refractivity contribution in [2.24, 2.45) is 0 Å². The van der Waals surface area contributed by atoms with E-state index in [1.807, 2.05) is 0 Å². The molecule has 2 aromatic rings. The van der Waals surface area contributed by atoms with E-state index in [9.17, 15) is 0 Å². The van der Waals surface area contributed by atoms with Gasteiger partial charge in [0.15, 0.2) is 0 Å². The first-order chi connectivity index (χ1) is 19.3. The minimum absolute atomic E-state index is 0.173. The van der Waals surface area contributed by atoms with Gasteiger partial charge in [-0.3, -0.25) is 0 Å². The van der Waals surface area contributed by atoms with Gasteiger partial charge in [0.25, 0.3) is 0 Å². The molecule has 0 saturated heterocycles. The molecule has 4 nitrogen and oxygen atoms in total. The highest BCUT2D eigenvalue weighted by atomic mass is 79.9. The molecule has 0 saturated carbocycles. The molecule has 8 bridgehead atoms. The molecule has 40 heavy (non-hydrogen) atoms. The average Bonchev–Trinajstić information content (AvgIpc) is 3.59. The number of hydrogen-bond donors (Lipinski definition) is 4. The fourth-order valence-electron chi connectivity index (χ4n) is 6.76. The number of alkyl halides is 2. The van der Waals surface area contributed by atoms with Crippen LogP contribution in [0.5, 0.6) is 0 Å². The molecule has 0 fully saturated rings. The lowest BCUT2D eigenvalue weighted by atomic mass is 9.99. The van der Waals surface area contributed by atoms with Crippen LogP contribution in [0.2, 0.25) is 0 Å². The van der Waals surface area contributed by atoms with Crippen molar-refractivity contribution in [1.82, 2.24) is 20.6 Å². The number of fused-ring (bicyclic) bond motifs is 8. The van der Waals surface area contributed by atoms with Crippen LogP contribution in [0.4, 0.5) is 0 Å². The first kappa shape index (κ1) is 29.3. The number of allylic oxidation sites excluding steroid dienone is 2. The van der Waals surface area contributed by atoms with E-state index in [4.69, 9.17) is 0 Å². The molecule has 3 aliphatic heterocycles. The van der Waals surface area contributed by atoms with E-state index in [1.54, 1.807) is 0 Å². The minimum Gasteiger partial charge on any atom is -0.375 e. The van der Waals surface area contributed by atoms with Crippen molar-refractivity contribution >= 4 is 56.2 Å². The van der Waals surface area contributed by atoms with Crippen molar-refractivity contribution in [3.8, 4) is 0 Å². The quantitative estimate of drug-likeness (QED) is 0.230. The summed E-state index contributed by atoms with van der Waals surface area (Å²) in [5, 5.41) is 12.3. The highest BCUT2D eigenvalue weighted by molar-refractivity contribution is 9.09. The molecule has 5 rings (SSSR count). The summed E-state index contributed by atoms with van der Waals surface area (Å²) in [6, 6.07) is 0.363. The fraction of sp³-hybridized carbons (Fsp3) is 0.471. The van der Waals surface area contributed by atoms with E-state index < -0.39 is 0 Å². The van der Waals surface area contributed by atoms with Crippen LogP contribution in [0.1, 0.15) is 87.0 Å². The molecule has 0 radical (unpaired) electrons. The van der Waals surface area contributed by atoms with Gasteiger partial charge in [0, 0.05) is 44.1 Å². The first-order valence-electron chi connectivity index (χ1n) is 14.9. The summed E-state index contributed by atoms with van der Waals surface area (Å²) in [5.41, 5.74) is 16.2. The number of nitrogens with one attached hydrogen (secondary N) is 4. The van der Waals surface area contributed by atoms with Crippen LogP contribution in [0, 0.1) is 13.8 Å². The van der Waals surface area contributed by atoms with Gasteiger partial charge in [-0.25, -0.2) is 0 Å². The molecule has 2 aromatic heterocycles. The lowest BCUT2D eigenvalue weighted by Gasteiger charge is -2.10.